The van der Waals surface area contributed by atoms with Crippen molar-refractivity contribution in [2.75, 3.05) is 6.54 Å². The fraction of sp³-hybridized carbons (Fsp3) is 0.667. The van der Waals surface area contributed by atoms with Crippen LogP contribution in [0.1, 0.15) is 45.4 Å². The molecule has 0 saturated heterocycles. The van der Waals surface area contributed by atoms with Gasteiger partial charge in [-0.15, -0.1) is 0 Å². The lowest BCUT2D eigenvalue weighted by Crippen LogP contribution is -2.23. The standard InChI is InChI=1S/C12H21NO3/c1-2-3-4-5-6-8-11(14)13-10-7-9-12(15)16/h5-6H,2-4,7-10H2,1H3,(H,13,14)(H,15,16)/b6-5+. The molecule has 0 saturated carbocycles. The minimum absolute atomic E-state index is 0.0434. The summed E-state index contributed by atoms with van der Waals surface area (Å²) in [5, 5.41) is 11.1. The summed E-state index contributed by atoms with van der Waals surface area (Å²) in [6.07, 6.45) is 8.18. The molecular formula is C12H21NO3. The molecule has 0 aliphatic rings. The topological polar surface area (TPSA) is 66.4 Å². The predicted molar refractivity (Wildman–Crippen MR) is 63.2 cm³/mol. The van der Waals surface area contributed by atoms with Crippen molar-refractivity contribution in [1.29, 1.82) is 0 Å². The second kappa shape index (κ2) is 10.2. The van der Waals surface area contributed by atoms with Crippen LogP contribution < -0.4 is 5.32 Å². The van der Waals surface area contributed by atoms with Crippen LogP contribution in [0.4, 0.5) is 0 Å². The zero-order chi connectivity index (χ0) is 12.2. The Morgan fingerprint density at radius 2 is 2.00 bits per heavy atom. The largest absolute Gasteiger partial charge is 0.481 e. The number of carbonyl (C=O) groups is 2. The van der Waals surface area contributed by atoms with Crippen molar-refractivity contribution in [3.63, 3.8) is 0 Å². The van der Waals surface area contributed by atoms with E-state index in [0.29, 0.717) is 19.4 Å². The molecule has 0 atom stereocenters. The Balaban J connectivity index is 3.37. The van der Waals surface area contributed by atoms with Crippen LogP contribution in [-0.4, -0.2) is 23.5 Å². The first kappa shape index (κ1) is 14.7. The first-order valence-electron chi connectivity index (χ1n) is 5.80. The maximum absolute atomic E-state index is 11.2. The highest BCUT2D eigenvalue weighted by molar-refractivity contribution is 5.77. The maximum Gasteiger partial charge on any atom is 0.303 e. The summed E-state index contributed by atoms with van der Waals surface area (Å²) >= 11 is 0. The first-order chi connectivity index (χ1) is 7.66. The zero-order valence-corrected chi connectivity index (χ0v) is 9.87. The molecule has 0 rings (SSSR count). The summed E-state index contributed by atoms with van der Waals surface area (Å²) in [6, 6.07) is 0. The number of carboxylic acid groups (broad SMARTS) is 1. The van der Waals surface area contributed by atoms with Crippen LogP contribution in [0.25, 0.3) is 0 Å². The molecule has 0 aromatic carbocycles. The molecule has 0 radical (unpaired) electrons. The SMILES string of the molecule is CCCC/C=C/CC(=O)NCCCC(=O)O. The van der Waals surface area contributed by atoms with Crippen molar-refractivity contribution in [2.24, 2.45) is 0 Å². The predicted octanol–water partition coefficient (Wildman–Crippen LogP) is 2.10. The van der Waals surface area contributed by atoms with Crippen LogP contribution in [0.2, 0.25) is 0 Å². The molecule has 0 aromatic heterocycles. The van der Waals surface area contributed by atoms with E-state index in [-0.39, 0.29) is 12.3 Å². The fourth-order valence-corrected chi connectivity index (χ4v) is 1.17. The second-order valence-electron chi connectivity index (χ2n) is 3.67. The summed E-state index contributed by atoms with van der Waals surface area (Å²) in [5.41, 5.74) is 0. The highest BCUT2D eigenvalue weighted by atomic mass is 16.4. The number of amides is 1. The molecule has 4 nitrogen and oxygen atoms in total. The van der Waals surface area contributed by atoms with Gasteiger partial charge >= 0.3 is 5.97 Å². The minimum Gasteiger partial charge on any atom is -0.481 e. The molecule has 0 fully saturated rings. The lowest BCUT2D eigenvalue weighted by Gasteiger charge is -2.01. The van der Waals surface area contributed by atoms with E-state index in [9.17, 15) is 9.59 Å². The van der Waals surface area contributed by atoms with E-state index in [1.165, 1.54) is 0 Å². The van der Waals surface area contributed by atoms with E-state index in [1.807, 2.05) is 12.2 Å². The number of carbonyl (C=O) groups excluding carboxylic acids is 1. The van der Waals surface area contributed by atoms with Crippen LogP contribution in [0.15, 0.2) is 12.2 Å². The molecule has 16 heavy (non-hydrogen) atoms. The Morgan fingerprint density at radius 3 is 2.62 bits per heavy atom. The van der Waals surface area contributed by atoms with Gasteiger partial charge in [0.25, 0.3) is 0 Å². The fourth-order valence-electron chi connectivity index (χ4n) is 1.17. The molecule has 0 bridgehead atoms. The van der Waals surface area contributed by atoms with Crippen LogP contribution in [0.5, 0.6) is 0 Å². The summed E-state index contributed by atoms with van der Waals surface area (Å²) in [7, 11) is 0. The van der Waals surface area contributed by atoms with Gasteiger partial charge in [-0.05, 0) is 12.8 Å². The second-order valence-corrected chi connectivity index (χ2v) is 3.67. The number of hydrogen-bond acceptors (Lipinski definition) is 2. The molecule has 2 N–H and O–H groups in total. The molecule has 1 amide bonds. The van der Waals surface area contributed by atoms with E-state index in [1.54, 1.807) is 0 Å². The number of rotatable bonds is 9. The van der Waals surface area contributed by atoms with E-state index in [4.69, 9.17) is 5.11 Å². The normalized spacial score (nSPS) is 10.6. The number of carboxylic acids is 1. The van der Waals surface area contributed by atoms with Gasteiger partial charge in [-0.1, -0.05) is 31.9 Å². The Labute approximate surface area is 96.7 Å². The van der Waals surface area contributed by atoms with Crippen molar-refractivity contribution >= 4 is 11.9 Å². The van der Waals surface area contributed by atoms with E-state index in [2.05, 4.69) is 12.2 Å². The molecular weight excluding hydrogens is 206 g/mol. The van der Waals surface area contributed by atoms with Gasteiger partial charge in [0.05, 0.1) is 0 Å². The summed E-state index contributed by atoms with van der Waals surface area (Å²) in [5.74, 6) is -0.869. The zero-order valence-electron chi connectivity index (χ0n) is 9.87. The average molecular weight is 227 g/mol. The number of allylic oxidation sites excluding steroid dienone is 1. The van der Waals surface area contributed by atoms with Gasteiger partial charge in [0, 0.05) is 19.4 Å². The molecule has 0 aromatic rings. The molecule has 0 unspecified atom stereocenters. The molecule has 0 aliphatic carbocycles. The Morgan fingerprint density at radius 1 is 1.25 bits per heavy atom. The third kappa shape index (κ3) is 10.8. The molecule has 0 spiro atoms. The smallest absolute Gasteiger partial charge is 0.303 e. The molecule has 0 heterocycles. The van der Waals surface area contributed by atoms with Crippen LogP contribution in [0.3, 0.4) is 0 Å². The maximum atomic E-state index is 11.2. The number of nitrogens with one attached hydrogen (secondary N) is 1. The van der Waals surface area contributed by atoms with Gasteiger partial charge in [0.2, 0.25) is 5.91 Å². The van der Waals surface area contributed by atoms with Crippen molar-refractivity contribution in [3.8, 4) is 0 Å². The van der Waals surface area contributed by atoms with Crippen LogP contribution >= 0.6 is 0 Å². The third-order valence-electron chi connectivity index (χ3n) is 2.08. The van der Waals surface area contributed by atoms with Crippen molar-refractivity contribution in [3.05, 3.63) is 12.2 Å². The van der Waals surface area contributed by atoms with Crippen molar-refractivity contribution in [1.82, 2.24) is 5.32 Å². The number of unbranched alkanes of at least 4 members (excludes halogenated alkanes) is 2. The van der Waals surface area contributed by atoms with Gasteiger partial charge in [-0.3, -0.25) is 9.59 Å². The average Bonchev–Trinajstić information content (AvgIpc) is 2.24. The molecule has 0 aliphatic heterocycles. The van der Waals surface area contributed by atoms with Gasteiger partial charge in [0.1, 0.15) is 0 Å². The number of aliphatic carboxylic acids is 1. The lowest BCUT2D eigenvalue weighted by molar-refractivity contribution is -0.137. The first-order valence-corrected chi connectivity index (χ1v) is 5.80. The third-order valence-corrected chi connectivity index (χ3v) is 2.08. The van der Waals surface area contributed by atoms with Crippen LogP contribution in [0, 0.1) is 0 Å². The van der Waals surface area contributed by atoms with Gasteiger partial charge in [-0.25, -0.2) is 0 Å². The summed E-state index contributed by atoms with van der Waals surface area (Å²) < 4.78 is 0. The monoisotopic (exact) mass is 227 g/mol. The number of hydrogen-bond donors (Lipinski definition) is 2. The summed E-state index contributed by atoms with van der Waals surface area (Å²) in [6.45, 7) is 2.57. The van der Waals surface area contributed by atoms with Gasteiger partial charge < -0.3 is 10.4 Å². The van der Waals surface area contributed by atoms with E-state index < -0.39 is 5.97 Å². The lowest BCUT2D eigenvalue weighted by atomic mass is 10.2. The van der Waals surface area contributed by atoms with E-state index in [0.717, 1.165) is 19.3 Å². The highest BCUT2D eigenvalue weighted by Gasteiger charge is 1.99. The highest BCUT2D eigenvalue weighted by Crippen LogP contribution is 1.96. The molecule has 4 heteroatoms. The summed E-state index contributed by atoms with van der Waals surface area (Å²) in [4.78, 5) is 21.4. The Bertz CT molecular complexity index is 236. The Hall–Kier alpha value is -1.32. The molecule has 92 valence electrons. The van der Waals surface area contributed by atoms with Crippen molar-refractivity contribution in [2.45, 2.75) is 45.4 Å². The van der Waals surface area contributed by atoms with Crippen LogP contribution in [-0.2, 0) is 9.59 Å². The minimum atomic E-state index is -0.825. The van der Waals surface area contributed by atoms with Gasteiger partial charge in [0.15, 0.2) is 0 Å². The quantitative estimate of drug-likeness (QED) is 0.468. The van der Waals surface area contributed by atoms with E-state index >= 15 is 0 Å². The van der Waals surface area contributed by atoms with Gasteiger partial charge in [-0.2, -0.15) is 0 Å². The Kier molecular flexibility index (Phi) is 9.36. The van der Waals surface area contributed by atoms with Crippen molar-refractivity contribution < 1.29 is 14.7 Å².